The predicted molar refractivity (Wildman–Crippen MR) is 108 cm³/mol. The number of hydrogen-bond acceptors (Lipinski definition) is 6. The second-order valence-electron chi connectivity index (χ2n) is 6.33. The molecule has 4 aromatic rings. The van der Waals surface area contributed by atoms with Crippen molar-refractivity contribution in [1.29, 1.82) is 0 Å². The number of para-hydroxylation sites is 1. The van der Waals surface area contributed by atoms with Crippen LogP contribution in [0.5, 0.6) is 0 Å². The smallest absolute Gasteiger partial charge is 0.326 e. The van der Waals surface area contributed by atoms with Crippen molar-refractivity contribution in [3.8, 4) is 0 Å². The van der Waals surface area contributed by atoms with Crippen LogP contribution in [0.4, 0.5) is 0 Å². The molecule has 0 atom stereocenters. The van der Waals surface area contributed by atoms with Gasteiger partial charge in [-0.1, -0.05) is 30.3 Å². The summed E-state index contributed by atoms with van der Waals surface area (Å²) in [5.41, 5.74) is 1.12. The van der Waals surface area contributed by atoms with Crippen LogP contribution in [0.3, 0.4) is 0 Å². The average molecular weight is 392 g/mol. The summed E-state index contributed by atoms with van der Waals surface area (Å²) in [6, 6.07) is 14.7. The normalized spacial score (nSPS) is 11.0. The Kier molecular flexibility index (Phi) is 4.75. The van der Waals surface area contributed by atoms with Crippen LogP contribution in [-0.4, -0.2) is 27.9 Å². The van der Waals surface area contributed by atoms with Gasteiger partial charge in [-0.2, -0.15) is 0 Å². The molecular formula is C21H16N2O4S. The van der Waals surface area contributed by atoms with E-state index in [1.54, 1.807) is 24.3 Å². The Hall–Kier alpha value is -3.32. The molecule has 0 fully saturated rings. The van der Waals surface area contributed by atoms with Gasteiger partial charge in [0.05, 0.1) is 22.1 Å². The summed E-state index contributed by atoms with van der Waals surface area (Å²) in [4.78, 5) is 41.8. The summed E-state index contributed by atoms with van der Waals surface area (Å²) in [6.07, 6.45) is 1.31. The van der Waals surface area contributed by atoms with Gasteiger partial charge in [0.15, 0.2) is 6.61 Å². The van der Waals surface area contributed by atoms with Crippen LogP contribution in [0.25, 0.3) is 21.0 Å². The van der Waals surface area contributed by atoms with Crippen LogP contribution in [0.1, 0.15) is 15.2 Å². The van der Waals surface area contributed by atoms with Crippen LogP contribution in [0.15, 0.2) is 59.7 Å². The number of esters is 1. The maximum Gasteiger partial charge on any atom is 0.326 e. The van der Waals surface area contributed by atoms with E-state index in [4.69, 9.17) is 4.74 Å². The number of ketones is 1. The molecule has 0 unspecified atom stereocenters. The van der Waals surface area contributed by atoms with E-state index in [-0.39, 0.29) is 24.5 Å². The molecule has 0 saturated heterocycles. The van der Waals surface area contributed by atoms with Crippen molar-refractivity contribution in [3.05, 3.63) is 75.7 Å². The highest BCUT2D eigenvalue weighted by Crippen LogP contribution is 2.30. The molecule has 2 aromatic heterocycles. The van der Waals surface area contributed by atoms with E-state index >= 15 is 0 Å². The lowest BCUT2D eigenvalue weighted by molar-refractivity contribution is -0.143. The third kappa shape index (κ3) is 3.32. The first-order valence-electron chi connectivity index (χ1n) is 8.66. The highest BCUT2D eigenvalue weighted by atomic mass is 32.1. The van der Waals surface area contributed by atoms with Crippen molar-refractivity contribution in [2.45, 2.75) is 13.5 Å². The van der Waals surface area contributed by atoms with Gasteiger partial charge in [0, 0.05) is 4.70 Å². The molecule has 0 spiro atoms. The lowest BCUT2D eigenvalue weighted by Crippen LogP contribution is -2.26. The number of fused-ring (bicyclic) bond motifs is 2. The molecule has 140 valence electrons. The second kappa shape index (κ2) is 7.36. The molecule has 2 aromatic carbocycles. The second-order valence-corrected chi connectivity index (χ2v) is 7.38. The number of hydrogen-bond donors (Lipinski definition) is 0. The van der Waals surface area contributed by atoms with E-state index < -0.39 is 5.97 Å². The van der Waals surface area contributed by atoms with E-state index in [0.717, 1.165) is 15.6 Å². The van der Waals surface area contributed by atoms with Gasteiger partial charge >= 0.3 is 5.97 Å². The molecule has 2 heterocycles. The summed E-state index contributed by atoms with van der Waals surface area (Å²) in [5.74, 6) is -0.915. The number of benzene rings is 2. The van der Waals surface area contributed by atoms with Crippen LogP contribution in [-0.2, 0) is 16.1 Å². The summed E-state index contributed by atoms with van der Waals surface area (Å²) in [6.45, 7) is 1.23. The average Bonchev–Trinajstić information content (AvgIpc) is 3.05. The number of ether oxygens (including phenoxy) is 1. The lowest BCUT2D eigenvalue weighted by atomic mass is 10.1. The van der Waals surface area contributed by atoms with Gasteiger partial charge < -0.3 is 4.74 Å². The highest BCUT2D eigenvalue weighted by molar-refractivity contribution is 7.21. The minimum absolute atomic E-state index is 0.254. The molecule has 0 aliphatic heterocycles. The van der Waals surface area contributed by atoms with Crippen molar-refractivity contribution in [3.63, 3.8) is 0 Å². The van der Waals surface area contributed by atoms with Crippen molar-refractivity contribution in [1.82, 2.24) is 9.55 Å². The predicted octanol–water partition coefficient (Wildman–Crippen LogP) is 3.35. The van der Waals surface area contributed by atoms with E-state index in [9.17, 15) is 14.4 Å². The quantitative estimate of drug-likeness (QED) is 0.384. The zero-order valence-electron chi connectivity index (χ0n) is 15.0. The maximum absolute atomic E-state index is 12.5. The number of thiophene rings is 1. The van der Waals surface area contributed by atoms with Crippen LogP contribution in [0.2, 0.25) is 0 Å². The molecule has 0 N–H and O–H groups in total. The number of aromatic nitrogens is 2. The number of carbonyl (C=O) groups is 2. The Morgan fingerprint density at radius 2 is 1.79 bits per heavy atom. The minimum atomic E-state index is -0.661. The molecule has 7 heteroatoms. The third-order valence-corrected chi connectivity index (χ3v) is 5.81. The summed E-state index contributed by atoms with van der Waals surface area (Å²) >= 11 is 1.39. The minimum Gasteiger partial charge on any atom is -0.456 e. The summed E-state index contributed by atoms with van der Waals surface area (Å²) in [7, 11) is 0. The molecule has 4 rings (SSSR count). The van der Waals surface area contributed by atoms with Gasteiger partial charge in [0.25, 0.3) is 5.56 Å². The first-order chi connectivity index (χ1) is 13.5. The standard InChI is InChI=1S/C21H16N2O4S/c1-13-14-6-3-5-9-18(14)28-20(13)17(24)11-27-19(25)10-23-12-22-16-8-4-2-7-15(16)21(23)26/h2-9,12H,10-11H2,1H3. The zero-order valence-corrected chi connectivity index (χ0v) is 15.9. The van der Waals surface area contributed by atoms with E-state index in [2.05, 4.69) is 4.98 Å². The highest BCUT2D eigenvalue weighted by Gasteiger charge is 2.17. The fourth-order valence-corrected chi connectivity index (χ4v) is 4.19. The Bertz CT molecular complexity index is 1270. The van der Waals surface area contributed by atoms with Crippen molar-refractivity contribution in [2.75, 3.05) is 6.61 Å². The molecule has 0 aliphatic carbocycles. The molecule has 0 bridgehead atoms. The maximum atomic E-state index is 12.5. The number of Topliss-reactive ketones (excluding diaryl/α,β-unsaturated/α-hetero) is 1. The first kappa shape index (κ1) is 18.1. The monoisotopic (exact) mass is 392 g/mol. The third-order valence-electron chi connectivity index (χ3n) is 4.49. The van der Waals surface area contributed by atoms with Crippen molar-refractivity contribution in [2.24, 2.45) is 0 Å². The molecule has 0 aliphatic rings. The van der Waals surface area contributed by atoms with Gasteiger partial charge in [-0.3, -0.25) is 19.0 Å². The van der Waals surface area contributed by atoms with E-state index in [0.29, 0.717) is 15.8 Å². The SMILES string of the molecule is Cc1c(C(=O)COC(=O)Cn2cnc3ccccc3c2=O)sc2ccccc12. The Labute approximate surface area is 164 Å². The number of carbonyl (C=O) groups excluding carboxylic acids is 2. The van der Waals surface area contributed by atoms with Gasteiger partial charge in [-0.25, -0.2) is 4.98 Å². The molecular weight excluding hydrogens is 376 g/mol. The van der Waals surface area contributed by atoms with Gasteiger partial charge in [-0.05, 0) is 36.1 Å². The topological polar surface area (TPSA) is 78.3 Å². The van der Waals surface area contributed by atoms with Crippen molar-refractivity contribution >= 4 is 44.1 Å². The lowest BCUT2D eigenvalue weighted by Gasteiger charge is -2.07. The van der Waals surface area contributed by atoms with Crippen molar-refractivity contribution < 1.29 is 14.3 Å². The van der Waals surface area contributed by atoms with Gasteiger partial charge in [-0.15, -0.1) is 11.3 Å². The van der Waals surface area contributed by atoms with E-state index in [1.807, 2.05) is 31.2 Å². The fraction of sp³-hybridized carbons (Fsp3) is 0.143. The molecule has 6 nitrogen and oxygen atoms in total. The zero-order chi connectivity index (χ0) is 19.7. The number of rotatable bonds is 5. The molecule has 0 amide bonds. The molecule has 0 radical (unpaired) electrons. The molecule has 28 heavy (non-hydrogen) atoms. The Balaban J connectivity index is 1.46. The van der Waals surface area contributed by atoms with Gasteiger partial charge in [0.2, 0.25) is 5.78 Å². The number of aryl methyl sites for hydroxylation is 1. The first-order valence-corrected chi connectivity index (χ1v) is 9.47. The summed E-state index contributed by atoms with van der Waals surface area (Å²) in [5, 5.41) is 1.45. The van der Waals surface area contributed by atoms with Crippen LogP contribution >= 0.6 is 11.3 Å². The Morgan fingerprint density at radius 1 is 1.07 bits per heavy atom. The fourth-order valence-electron chi connectivity index (χ4n) is 3.06. The van der Waals surface area contributed by atoms with Crippen LogP contribution in [0, 0.1) is 6.92 Å². The molecule has 0 saturated carbocycles. The Morgan fingerprint density at radius 3 is 2.57 bits per heavy atom. The largest absolute Gasteiger partial charge is 0.456 e. The van der Waals surface area contributed by atoms with Gasteiger partial charge in [0.1, 0.15) is 6.54 Å². The number of nitrogens with zero attached hydrogens (tertiary/aromatic N) is 2. The summed E-state index contributed by atoms with van der Waals surface area (Å²) < 4.78 is 7.31. The van der Waals surface area contributed by atoms with Crippen LogP contribution < -0.4 is 5.56 Å². The van der Waals surface area contributed by atoms with E-state index in [1.165, 1.54) is 22.2 Å².